The maximum Gasteiger partial charge on any atom is 0.231 e. The molecular formula is C24H22FNO2. The Balaban J connectivity index is 1.80. The van der Waals surface area contributed by atoms with Gasteiger partial charge in [0.05, 0.1) is 13.5 Å². The number of benzene rings is 3. The number of hydrogen-bond donors (Lipinski definition) is 0. The molecule has 0 N–H and O–H groups in total. The molecule has 0 saturated heterocycles. The molecule has 0 fully saturated rings. The molecule has 0 aliphatic carbocycles. The average Bonchev–Trinajstić information content (AvgIpc) is 2.73. The van der Waals surface area contributed by atoms with E-state index in [1.54, 1.807) is 24.1 Å². The number of hydrogen-bond acceptors (Lipinski definition) is 2. The van der Waals surface area contributed by atoms with Crippen LogP contribution in [0, 0.1) is 5.82 Å². The SMILES string of the molecule is COc1ccccc1/C=C/CN(C(=O)Cc1ccccc1)c1ccc(F)cc1. The van der Waals surface area contributed by atoms with Crippen LogP contribution in [-0.4, -0.2) is 19.6 Å². The molecule has 3 aromatic carbocycles. The summed E-state index contributed by atoms with van der Waals surface area (Å²) in [6.45, 7) is 0.370. The highest BCUT2D eigenvalue weighted by atomic mass is 19.1. The van der Waals surface area contributed by atoms with Crippen molar-refractivity contribution in [3.63, 3.8) is 0 Å². The zero-order valence-corrected chi connectivity index (χ0v) is 15.7. The number of carbonyl (C=O) groups excluding carboxylic acids is 1. The fourth-order valence-electron chi connectivity index (χ4n) is 2.93. The van der Waals surface area contributed by atoms with Crippen LogP contribution in [-0.2, 0) is 11.2 Å². The van der Waals surface area contributed by atoms with Gasteiger partial charge in [0.15, 0.2) is 0 Å². The van der Waals surface area contributed by atoms with Crippen molar-refractivity contribution < 1.29 is 13.9 Å². The molecule has 4 heteroatoms. The first kappa shape index (κ1) is 19.4. The van der Waals surface area contributed by atoms with E-state index in [1.165, 1.54) is 12.1 Å². The molecule has 0 aliphatic rings. The molecule has 28 heavy (non-hydrogen) atoms. The average molecular weight is 375 g/mol. The summed E-state index contributed by atoms with van der Waals surface area (Å²) in [5.74, 6) is 0.383. The summed E-state index contributed by atoms with van der Waals surface area (Å²) in [5, 5.41) is 0. The topological polar surface area (TPSA) is 29.5 Å². The third-order valence-electron chi connectivity index (χ3n) is 4.36. The second-order valence-electron chi connectivity index (χ2n) is 6.29. The summed E-state index contributed by atoms with van der Waals surface area (Å²) in [6.07, 6.45) is 4.11. The third kappa shape index (κ3) is 5.07. The quantitative estimate of drug-likeness (QED) is 0.573. The van der Waals surface area contributed by atoms with E-state index in [1.807, 2.05) is 66.7 Å². The fraction of sp³-hybridized carbons (Fsp3) is 0.125. The van der Waals surface area contributed by atoms with Gasteiger partial charge >= 0.3 is 0 Å². The van der Waals surface area contributed by atoms with Crippen LogP contribution in [0.1, 0.15) is 11.1 Å². The van der Waals surface area contributed by atoms with E-state index in [4.69, 9.17) is 4.74 Å². The highest BCUT2D eigenvalue weighted by Gasteiger charge is 2.15. The van der Waals surface area contributed by atoms with Gasteiger partial charge in [-0.1, -0.05) is 60.7 Å². The molecule has 0 aliphatic heterocycles. The van der Waals surface area contributed by atoms with Crippen molar-refractivity contribution in [1.82, 2.24) is 0 Å². The number of para-hydroxylation sites is 1. The molecule has 3 nitrogen and oxygen atoms in total. The van der Waals surface area contributed by atoms with E-state index in [0.717, 1.165) is 16.9 Å². The fourth-order valence-corrected chi connectivity index (χ4v) is 2.93. The Morgan fingerprint density at radius 2 is 1.64 bits per heavy atom. The van der Waals surface area contributed by atoms with E-state index in [9.17, 15) is 9.18 Å². The Labute approximate surface area is 164 Å². The van der Waals surface area contributed by atoms with Gasteiger partial charge in [0.25, 0.3) is 0 Å². The van der Waals surface area contributed by atoms with Gasteiger partial charge in [0.2, 0.25) is 5.91 Å². The third-order valence-corrected chi connectivity index (χ3v) is 4.36. The number of halogens is 1. The summed E-state index contributed by atoms with van der Waals surface area (Å²) < 4.78 is 18.7. The summed E-state index contributed by atoms with van der Waals surface area (Å²) in [6, 6.07) is 23.2. The van der Waals surface area contributed by atoms with E-state index < -0.39 is 0 Å². The smallest absolute Gasteiger partial charge is 0.231 e. The molecule has 3 rings (SSSR count). The standard InChI is InChI=1S/C24H22FNO2/c1-28-23-12-6-5-10-20(23)11-7-17-26(22-15-13-21(25)14-16-22)24(27)18-19-8-3-2-4-9-19/h2-16H,17-18H2,1H3/b11-7+. The van der Waals surface area contributed by atoms with Crippen LogP contribution in [0.5, 0.6) is 5.75 Å². The normalized spacial score (nSPS) is 10.8. The van der Waals surface area contributed by atoms with Crippen molar-refractivity contribution in [1.29, 1.82) is 0 Å². The van der Waals surface area contributed by atoms with Crippen molar-refractivity contribution >= 4 is 17.7 Å². The molecule has 0 saturated carbocycles. The van der Waals surface area contributed by atoms with E-state index in [0.29, 0.717) is 12.2 Å². The summed E-state index contributed by atoms with van der Waals surface area (Å²) in [7, 11) is 1.63. The molecule has 1 amide bonds. The van der Waals surface area contributed by atoms with Crippen molar-refractivity contribution in [2.75, 3.05) is 18.6 Å². The Kier molecular flexibility index (Phi) is 6.58. The van der Waals surface area contributed by atoms with Gasteiger partial charge in [-0.25, -0.2) is 4.39 Å². The number of amides is 1. The maximum atomic E-state index is 13.3. The van der Waals surface area contributed by atoms with Gasteiger partial charge in [-0.15, -0.1) is 0 Å². The number of ether oxygens (including phenoxy) is 1. The van der Waals surface area contributed by atoms with Crippen LogP contribution >= 0.6 is 0 Å². The Hall–Kier alpha value is -3.40. The van der Waals surface area contributed by atoms with Crippen molar-refractivity contribution in [2.45, 2.75) is 6.42 Å². The van der Waals surface area contributed by atoms with Gasteiger partial charge in [-0.3, -0.25) is 4.79 Å². The molecule has 0 heterocycles. The molecule has 0 bridgehead atoms. The number of methoxy groups -OCH3 is 1. The maximum absolute atomic E-state index is 13.3. The number of nitrogens with zero attached hydrogens (tertiary/aromatic N) is 1. The van der Waals surface area contributed by atoms with Gasteiger partial charge in [0.1, 0.15) is 11.6 Å². The summed E-state index contributed by atoms with van der Waals surface area (Å²) >= 11 is 0. The lowest BCUT2D eigenvalue weighted by Gasteiger charge is -2.21. The summed E-state index contributed by atoms with van der Waals surface area (Å²) in [5.41, 5.74) is 2.53. The molecule has 0 atom stereocenters. The van der Waals surface area contributed by atoms with Crippen LogP contribution in [0.2, 0.25) is 0 Å². The molecule has 0 aromatic heterocycles. The minimum absolute atomic E-state index is 0.0533. The largest absolute Gasteiger partial charge is 0.496 e. The van der Waals surface area contributed by atoms with Gasteiger partial charge in [-0.2, -0.15) is 0 Å². The first-order valence-electron chi connectivity index (χ1n) is 9.07. The number of rotatable bonds is 7. The minimum atomic E-state index is -0.330. The zero-order valence-electron chi connectivity index (χ0n) is 15.7. The van der Waals surface area contributed by atoms with Crippen molar-refractivity contribution in [2.24, 2.45) is 0 Å². The molecule has 3 aromatic rings. The van der Waals surface area contributed by atoms with Gasteiger partial charge in [-0.05, 0) is 35.9 Å². The number of anilines is 1. The van der Waals surface area contributed by atoms with Crippen LogP contribution in [0.4, 0.5) is 10.1 Å². The Bertz CT molecular complexity index is 936. The van der Waals surface area contributed by atoms with Crippen LogP contribution in [0.15, 0.2) is 84.9 Å². The first-order valence-corrected chi connectivity index (χ1v) is 9.07. The zero-order chi connectivity index (χ0) is 19.8. The second kappa shape index (κ2) is 9.51. The van der Waals surface area contributed by atoms with Crippen molar-refractivity contribution in [3.8, 4) is 5.75 Å². The lowest BCUT2D eigenvalue weighted by molar-refractivity contribution is -0.117. The van der Waals surface area contributed by atoms with E-state index >= 15 is 0 Å². The molecule has 0 spiro atoms. The Morgan fingerprint density at radius 1 is 0.964 bits per heavy atom. The molecule has 142 valence electrons. The summed E-state index contributed by atoms with van der Waals surface area (Å²) in [4.78, 5) is 14.6. The van der Waals surface area contributed by atoms with Crippen molar-refractivity contribution in [3.05, 3.63) is 102 Å². The highest BCUT2D eigenvalue weighted by molar-refractivity contribution is 5.95. The number of carbonyl (C=O) groups is 1. The minimum Gasteiger partial charge on any atom is -0.496 e. The molecule has 0 unspecified atom stereocenters. The second-order valence-corrected chi connectivity index (χ2v) is 6.29. The lowest BCUT2D eigenvalue weighted by Crippen LogP contribution is -2.32. The van der Waals surface area contributed by atoms with Crippen LogP contribution in [0.3, 0.4) is 0 Å². The lowest BCUT2D eigenvalue weighted by atomic mass is 10.1. The molecule has 0 radical (unpaired) electrons. The van der Waals surface area contributed by atoms with Crippen LogP contribution in [0.25, 0.3) is 6.08 Å². The van der Waals surface area contributed by atoms with Gasteiger partial charge < -0.3 is 9.64 Å². The monoisotopic (exact) mass is 375 g/mol. The van der Waals surface area contributed by atoms with E-state index in [2.05, 4.69) is 0 Å². The molecular weight excluding hydrogens is 353 g/mol. The van der Waals surface area contributed by atoms with Crippen LogP contribution < -0.4 is 9.64 Å². The first-order chi connectivity index (χ1) is 13.7. The highest BCUT2D eigenvalue weighted by Crippen LogP contribution is 2.20. The predicted molar refractivity (Wildman–Crippen MR) is 111 cm³/mol. The Morgan fingerprint density at radius 3 is 2.36 bits per heavy atom. The predicted octanol–water partition coefficient (Wildman–Crippen LogP) is 5.12. The van der Waals surface area contributed by atoms with E-state index in [-0.39, 0.29) is 18.1 Å². The van der Waals surface area contributed by atoms with Gasteiger partial charge in [0, 0.05) is 17.8 Å².